The molecule has 2 atom stereocenters. The van der Waals surface area contributed by atoms with Crippen molar-refractivity contribution in [2.24, 2.45) is 0 Å². The predicted octanol–water partition coefficient (Wildman–Crippen LogP) is 3.22. The highest BCUT2D eigenvalue weighted by molar-refractivity contribution is 6.06. The number of esters is 1. The van der Waals surface area contributed by atoms with E-state index in [4.69, 9.17) is 9.47 Å². The minimum absolute atomic E-state index is 0.269. The fraction of sp³-hybridized carbons (Fsp3) is 0.174. The Kier molecular flexibility index (Phi) is 5.30. The van der Waals surface area contributed by atoms with Gasteiger partial charge in [-0.15, -0.1) is 0 Å². The average molecular weight is 429 g/mol. The molecule has 1 fully saturated rings. The number of nitrogens with one attached hydrogen (secondary N) is 1. The molecular weight excluding hydrogens is 410 g/mol. The molecular formula is C23H19N5O4. The Hall–Kier alpha value is -4.11. The van der Waals surface area contributed by atoms with E-state index in [-0.39, 0.29) is 24.6 Å². The smallest absolute Gasteiger partial charge is 0.338 e. The Morgan fingerprint density at radius 2 is 1.69 bits per heavy atom. The second kappa shape index (κ2) is 8.56. The summed E-state index contributed by atoms with van der Waals surface area (Å²) in [6.45, 7) is 0.269. The number of anilines is 1. The molecule has 0 saturated carbocycles. The molecule has 0 radical (unpaired) electrons. The molecule has 1 N–H and O–H groups in total. The van der Waals surface area contributed by atoms with E-state index >= 15 is 0 Å². The Morgan fingerprint density at radius 3 is 2.44 bits per heavy atom. The maximum atomic E-state index is 12.5. The van der Waals surface area contributed by atoms with Gasteiger partial charge in [0.1, 0.15) is 18.7 Å². The predicted molar refractivity (Wildman–Crippen MR) is 115 cm³/mol. The zero-order chi connectivity index (χ0) is 21.9. The number of nitrogens with zero attached hydrogens (tertiary/aromatic N) is 4. The molecule has 0 unspecified atom stereocenters. The second-order valence-corrected chi connectivity index (χ2v) is 7.28. The number of carbonyl (C=O) groups is 2. The van der Waals surface area contributed by atoms with Gasteiger partial charge in [0.15, 0.2) is 17.0 Å². The number of rotatable bonds is 5. The first-order valence-electron chi connectivity index (χ1n) is 10.1. The van der Waals surface area contributed by atoms with E-state index in [1.54, 1.807) is 59.4 Å². The second-order valence-electron chi connectivity index (χ2n) is 7.28. The van der Waals surface area contributed by atoms with Crippen molar-refractivity contribution in [3.8, 4) is 0 Å². The first-order valence-corrected chi connectivity index (χ1v) is 10.1. The number of imidazole rings is 1. The van der Waals surface area contributed by atoms with Gasteiger partial charge in [-0.2, -0.15) is 0 Å². The zero-order valence-corrected chi connectivity index (χ0v) is 16.9. The van der Waals surface area contributed by atoms with E-state index in [9.17, 15) is 9.59 Å². The van der Waals surface area contributed by atoms with Gasteiger partial charge < -0.3 is 14.8 Å². The van der Waals surface area contributed by atoms with Crippen LogP contribution in [0.2, 0.25) is 0 Å². The molecule has 1 amide bonds. The van der Waals surface area contributed by atoms with E-state index in [2.05, 4.69) is 20.3 Å². The van der Waals surface area contributed by atoms with Crippen molar-refractivity contribution in [2.45, 2.75) is 18.8 Å². The van der Waals surface area contributed by atoms with Gasteiger partial charge in [0.05, 0.1) is 18.5 Å². The van der Waals surface area contributed by atoms with E-state index in [1.165, 1.54) is 6.33 Å². The topological polar surface area (TPSA) is 108 Å². The number of carbonyl (C=O) groups excluding carboxylic acids is 2. The molecule has 0 spiro atoms. The van der Waals surface area contributed by atoms with Crippen LogP contribution in [0.1, 0.15) is 33.4 Å². The van der Waals surface area contributed by atoms with Crippen molar-refractivity contribution in [3.63, 3.8) is 0 Å². The summed E-state index contributed by atoms with van der Waals surface area (Å²) in [4.78, 5) is 37.7. The third-order valence-electron chi connectivity index (χ3n) is 5.16. The fourth-order valence-corrected chi connectivity index (χ4v) is 3.57. The van der Waals surface area contributed by atoms with Crippen LogP contribution in [0.25, 0.3) is 11.2 Å². The molecule has 2 aromatic carbocycles. The lowest BCUT2D eigenvalue weighted by atomic mass is 10.2. The van der Waals surface area contributed by atoms with Gasteiger partial charge in [-0.1, -0.05) is 36.4 Å². The van der Waals surface area contributed by atoms with Gasteiger partial charge in [-0.3, -0.25) is 9.36 Å². The van der Waals surface area contributed by atoms with Crippen LogP contribution in [0.5, 0.6) is 0 Å². The van der Waals surface area contributed by atoms with Crippen molar-refractivity contribution >= 4 is 28.9 Å². The molecule has 1 saturated heterocycles. The quantitative estimate of drug-likeness (QED) is 0.485. The van der Waals surface area contributed by atoms with Crippen LogP contribution in [0, 0.1) is 0 Å². The average Bonchev–Trinajstić information content (AvgIpc) is 3.47. The number of aromatic nitrogens is 4. The molecule has 32 heavy (non-hydrogen) atoms. The number of hydrogen-bond donors (Lipinski definition) is 1. The molecule has 160 valence electrons. The number of hydrogen-bond acceptors (Lipinski definition) is 7. The maximum absolute atomic E-state index is 12.5. The fourth-order valence-electron chi connectivity index (χ4n) is 3.57. The lowest BCUT2D eigenvalue weighted by Crippen LogP contribution is -2.18. The van der Waals surface area contributed by atoms with E-state index in [1.807, 2.05) is 12.1 Å². The van der Waals surface area contributed by atoms with Crippen molar-refractivity contribution in [2.75, 3.05) is 11.9 Å². The summed E-state index contributed by atoms with van der Waals surface area (Å²) in [5, 5.41) is 2.78. The lowest BCUT2D eigenvalue weighted by molar-refractivity contribution is 0.0216. The molecule has 0 aliphatic carbocycles. The Bertz CT molecular complexity index is 1260. The highest BCUT2D eigenvalue weighted by Crippen LogP contribution is 2.30. The molecule has 3 heterocycles. The molecule has 4 aromatic rings. The Morgan fingerprint density at radius 1 is 0.969 bits per heavy atom. The van der Waals surface area contributed by atoms with Crippen LogP contribution in [-0.2, 0) is 9.47 Å². The minimum atomic E-state index is -0.402. The first-order chi connectivity index (χ1) is 15.7. The van der Waals surface area contributed by atoms with Crippen LogP contribution >= 0.6 is 0 Å². The first kappa shape index (κ1) is 19.8. The van der Waals surface area contributed by atoms with Gasteiger partial charge >= 0.3 is 5.97 Å². The number of ether oxygens (including phenoxy) is 2. The van der Waals surface area contributed by atoms with Crippen molar-refractivity contribution in [1.29, 1.82) is 0 Å². The third kappa shape index (κ3) is 3.93. The molecule has 9 nitrogen and oxygen atoms in total. The van der Waals surface area contributed by atoms with Crippen molar-refractivity contribution in [1.82, 2.24) is 19.5 Å². The summed E-state index contributed by atoms with van der Waals surface area (Å²) in [6.07, 6.45) is 2.62. The highest BCUT2D eigenvalue weighted by atomic mass is 16.6. The highest BCUT2D eigenvalue weighted by Gasteiger charge is 2.31. The molecule has 5 rings (SSSR count). The van der Waals surface area contributed by atoms with Crippen molar-refractivity contribution < 1.29 is 19.1 Å². The SMILES string of the molecule is O=C(Nc1ncnc2c1ncn2[C@H]1C[C@H](OC(=O)c2ccccc2)CO1)c1ccccc1. The summed E-state index contributed by atoms with van der Waals surface area (Å²) in [5.41, 5.74) is 1.98. The van der Waals surface area contributed by atoms with Crippen LogP contribution in [0.3, 0.4) is 0 Å². The molecule has 1 aliphatic rings. The number of benzene rings is 2. The number of amides is 1. The normalized spacial score (nSPS) is 17.9. The van der Waals surface area contributed by atoms with Crippen LogP contribution < -0.4 is 5.32 Å². The summed E-state index contributed by atoms with van der Waals surface area (Å²) >= 11 is 0. The van der Waals surface area contributed by atoms with Gasteiger partial charge in [0, 0.05) is 12.0 Å². The summed E-state index contributed by atoms with van der Waals surface area (Å²) < 4.78 is 13.2. The van der Waals surface area contributed by atoms with E-state index < -0.39 is 6.23 Å². The molecule has 2 aromatic heterocycles. The van der Waals surface area contributed by atoms with Gasteiger partial charge in [-0.25, -0.2) is 19.7 Å². The third-order valence-corrected chi connectivity index (χ3v) is 5.16. The molecule has 1 aliphatic heterocycles. The van der Waals surface area contributed by atoms with Crippen LogP contribution in [-0.4, -0.2) is 44.1 Å². The Balaban J connectivity index is 1.31. The molecule has 9 heteroatoms. The van der Waals surface area contributed by atoms with E-state index in [0.717, 1.165) is 0 Å². The minimum Gasteiger partial charge on any atom is -0.456 e. The Labute approximate surface area is 183 Å². The van der Waals surface area contributed by atoms with Crippen LogP contribution in [0.15, 0.2) is 73.3 Å². The van der Waals surface area contributed by atoms with Crippen molar-refractivity contribution in [3.05, 3.63) is 84.4 Å². The van der Waals surface area contributed by atoms with Gasteiger partial charge in [-0.05, 0) is 24.3 Å². The van der Waals surface area contributed by atoms with E-state index in [0.29, 0.717) is 34.5 Å². The maximum Gasteiger partial charge on any atom is 0.338 e. The lowest BCUT2D eigenvalue weighted by Gasteiger charge is -2.12. The summed E-state index contributed by atoms with van der Waals surface area (Å²) in [5.74, 6) is -0.360. The van der Waals surface area contributed by atoms with Gasteiger partial charge in [0.25, 0.3) is 5.91 Å². The standard InChI is InChI=1S/C23H19N5O4/c29-22(15-7-3-1-4-8-15)27-20-19-21(25-13-24-20)28(14-26-19)18-11-17(12-31-18)32-23(30)16-9-5-2-6-10-16/h1-10,13-14,17-18H,11-12H2,(H,24,25,27,29)/t17-,18+/m0/s1. The van der Waals surface area contributed by atoms with Crippen LogP contribution in [0.4, 0.5) is 5.82 Å². The number of fused-ring (bicyclic) bond motifs is 1. The summed E-state index contributed by atoms with van der Waals surface area (Å²) in [6, 6.07) is 17.7. The molecule has 0 bridgehead atoms. The monoisotopic (exact) mass is 429 g/mol. The summed E-state index contributed by atoms with van der Waals surface area (Å²) in [7, 11) is 0. The van der Waals surface area contributed by atoms with Gasteiger partial charge in [0.2, 0.25) is 0 Å². The largest absolute Gasteiger partial charge is 0.456 e. The zero-order valence-electron chi connectivity index (χ0n) is 16.9.